The number of carbonyl (C=O) groups excluding carboxylic acids is 1. The van der Waals surface area contributed by atoms with Crippen molar-refractivity contribution in [1.82, 2.24) is 0 Å². The van der Waals surface area contributed by atoms with Crippen LogP contribution in [0, 0.1) is 22.7 Å². The Kier molecular flexibility index (Phi) is 9.11. The molecule has 3 heteroatoms. The van der Waals surface area contributed by atoms with Gasteiger partial charge < -0.3 is 5.11 Å². The SMILES string of the molecule is CC(C)=CC[C@H]1C[C@](CC=C(C)C)(CCC(=O)O)C(=O)[C@H](CC=C(C)C)C1(C)C. The van der Waals surface area contributed by atoms with Crippen molar-refractivity contribution in [1.29, 1.82) is 0 Å². The molecule has 1 aliphatic rings. The largest absolute Gasteiger partial charge is 0.481 e. The van der Waals surface area contributed by atoms with Gasteiger partial charge in [-0.3, -0.25) is 9.59 Å². The third-order valence-electron chi connectivity index (χ3n) is 6.72. The molecule has 0 unspecified atom stereocenters. The van der Waals surface area contributed by atoms with Gasteiger partial charge in [0, 0.05) is 17.8 Å². The molecule has 1 rings (SSSR count). The number of aliphatic carboxylic acids is 1. The molecule has 0 aromatic heterocycles. The van der Waals surface area contributed by atoms with Crippen LogP contribution in [0.4, 0.5) is 0 Å². The Hall–Kier alpha value is -1.64. The molecule has 1 aliphatic carbocycles. The predicted molar refractivity (Wildman–Crippen MR) is 122 cm³/mol. The van der Waals surface area contributed by atoms with Crippen molar-refractivity contribution >= 4 is 11.8 Å². The van der Waals surface area contributed by atoms with E-state index in [1.807, 2.05) is 13.8 Å². The highest BCUT2D eigenvalue weighted by Crippen LogP contribution is 2.56. The molecule has 3 atom stereocenters. The molecule has 0 aliphatic heterocycles. The molecule has 3 nitrogen and oxygen atoms in total. The van der Waals surface area contributed by atoms with Crippen LogP contribution in [-0.4, -0.2) is 16.9 Å². The molecule has 1 fully saturated rings. The maximum atomic E-state index is 13.9. The Morgan fingerprint density at radius 1 is 0.966 bits per heavy atom. The summed E-state index contributed by atoms with van der Waals surface area (Å²) in [6, 6.07) is 0. The summed E-state index contributed by atoms with van der Waals surface area (Å²) in [5.41, 5.74) is 3.00. The van der Waals surface area contributed by atoms with E-state index in [1.165, 1.54) is 16.7 Å². The van der Waals surface area contributed by atoms with E-state index in [-0.39, 0.29) is 23.5 Å². The van der Waals surface area contributed by atoms with Gasteiger partial charge in [-0.15, -0.1) is 0 Å². The van der Waals surface area contributed by atoms with Crippen LogP contribution in [0.2, 0.25) is 0 Å². The van der Waals surface area contributed by atoms with E-state index in [0.717, 1.165) is 19.3 Å². The Morgan fingerprint density at radius 3 is 1.97 bits per heavy atom. The fourth-order valence-corrected chi connectivity index (χ4v) is 4.61. The van der Waals surface area contributed by atoms with Gasteiger partial charge in [-0.05, 0) is 85.0 Å². The summed E-state index contributed by atoms with van der Waals surface area (Å²) in [4.78, 5) is 25.3. The first-order chi connectivity index (χ1) is 13.3. The van der Waals surface area contributed by atoms with E-state index in [2.05, 4.69) is 59.8 Å². The van der Waals surface area contributed by atoms with Crippen LogP contribution in [0.1, 0.15) is 93.9 Å². The van der Waals surface area contributed by atoms with Crippen molar-refractivity contribution < 1.29 is 14.7 Å². The highest BCUT2D eigenvalue weighted by atomic mass is 16.4. The van der Waals surface area contributed by atoms with Crippen LogP contribution in [0.5, 0.6) is 0 Å². The fraction of sp³-hybridized carbons (Fsp3) is 0.692. The summed E-state index contributed by atoms with van der Waals surface area (Å²) < 4.78 is 0. The van der Waals surface area contributed by atoms with Crippen molar-refractivity contribution in [3.8, 4) is 0 Å². The van der Waals surface area contributed by atoms with Gasteiger partial charge in [-0.1, -0.05) is 48.8 Å². The molecule has 0 heterocycles. The second-order valence-electron chi connectivity index (χ2n) is 10.3. The minimum absolute atomic E-state index is 0.0491. The zero-order chi connectivity index (χ0) is 22.4. The van der Waals surface area contributed by atoms with Gasteiger partial charge in [-0.25, -0.2) is 0 Å². The number of carboxylic acids is 1. The Bertz CT molecular complexity index is 681. The second-order valence-corrected chi connectivity index (χ2v) is 10.3. The molecule has 1 saturated carbocycles. The Morgan fingerprint density at radius 2 is 1.48 bits per heavy atom. The van der Waals surface area contributed by atoms with Gasteiger partial charge in [0.05, 0.1) is 0 Å². The number of hydrogen-bond acceptors (Lipinski definition) is 2. The van der Waals surface area contributed by atoms with Crippen molar-refractivity contribution in [3.05, 3.63) is 34.9 Å². The average Bonchev–Trinajstić information content (AvgIpc) is 2.58. The maximum absolute atomic E-state index is 13.9. The zero-order valence-corrected chi connectivity index (χ0v) is 19.9. The van der Waals surface area contributed by atoms with Crippen LogP contribution in [0.3, 0.4) is 0 Å². The quantitative estimate of drug-likeness (QED) is 0.417. The molecule has 1 N–H and O–H groups in total. The van der Waals surface area contributed by atoms with Gasteiger partial charge >= 0.3 is 5.97 Å². The lowest BCUT2D eigenvalue weighted by molar-refractivity contribution is -0.149. The summed E-state index contributed by atoms with van der Waals surface area (Å²) >= 11 is 0. The lowest BCUT2D eigenvalue weighted by Crippen LogP contribution is -2.52. The van der Waals surface area contributed by atoms with Crippen molar-refractivity contribution in [2.24, 2.45) is 22.7 Å². The van der Waals surface area contributed by atoms with E-state index >= 15 is 0 Å². The molecule has 0 aromatic rings. The van der Waals surface area contributed by atoms with Gasteiger partial charge in [0.25, 0.3) is 0 Å². The van der Waals surface area contributed by atoms with E-state index in [1.54, 1.807) is 0 Å². The topological polar surface area (TPSA) is 54.4 Å². The molecular weight excluding hydrogens is 360 g/mol. The van der Waals surface area contributed by atoms with Crippen LogP contribution >= 0.6 is 0 Å². The summed E-state index contributed by atoms with van der Waals surface area (Å²) in [5.74, 6) is -0.279. The zero-order valence-electron chi connectivity index (χ0n) is 19.9. The number of hydrogen-bond donors (Lipinski definition) is 1. The minimum atomic E-state index is -0.819. The molecule has 0 bridgehead atoms. The summed E-state index contributed by atoms with van der Waals surface area (Å²) in [6.45, 7) is 16.9. The lowest BCUT2D eigenvalue weighted by Gasteiger charge is -2.52. The monoisotopic (exact) mass is 402 g/mol. The molecule has 0 spiro atoms. The molecular formula is C26H42O3. The van der Waals surface area contributed by atoms with Crippen LogP contribution < -0.4 is 0 Å². The van der Waals surface area contributed by atoms with E-state index in [9.17, 15) is 14.7 Å². The first-order valence-electron chi connectivity index (χ1n) is 11.0. The summed E-state index contributed by atoms with van der Waals surface area (Å²) in [5, 5.41) is 9.36. The van der Waals surface area contributed by atoms with Crippen molar-refractivity contribution in [3.63, 3.8) is 0 Å². The van der Waals surface area contributed by atoms with Crippen LogP contribution in [0.15, 0.2) is 34.9 Å². The van der Waals surface area contributed by atoms with Gasteiger partial charge in [0.1, 0.15) is 5.78 Å². The number of Topliss-reactive ketones (excluding diaryl/α,β-unsaturated/α-hetero) is 1. The van der Waals surface area contributed by atoms with Gasteiger partial charge in [0.2, 0.25) is 0 Å². The predicted octanol–water partition coefficient (Wildman–Crippen LogP) is 7.14. The molecule has 29 heavy (non-hydrogen) atoms. The maximum Gasteiger partial charge on any atom is 0.303 e. The molecule has 164 valence electrons. The van der Waals surface area contributed by atoms with E-state index in [4.69, 9.17) is 0 Å². The van der Waals surface area contributed by atoms with Gasteiger partial charge in [0.15, 0.2) is 0 Å². The highest BCUT2D eigenvalue weighted by Gasteiger charge is 2.54. The highest BCUT2D eigenvalue weighted by molar-refractivity contribution is 5.89. The van der Waals surface area contributed by atoms with Crippen LogP contribution in [0.25, 0.3) is 0 Å². The minimum Gasteiger partial charge on any atom is -0.481 e. The molecule has 0 radical (unpaired) electrons. The Labute approximate surface area is 178 Å². The number of allylic oxidation sites excluding steroid dienone is 6. The first kappa shape index (κ1) is 25.4. The normalized spacial score (nSPS) is 25.9. The van der Waals surface area contributed by atoms with Crippen molar-refractivity contribution in [2.75, 3.05) is 0 Å². The standard InChI is InChI=1S/C26H42O3/c1-18(2)9-11-21-17-26(15-13-20(5)6,16-14-23(27)28)24(29)22(25(21,7)8)12-10-19(3)4/h9-10,13,21-22H,11-12,14-17H2,1-8H3,(H,27,28)/t21-,22-,26-/m0/s1. The molecule has 0 aromatic carbocycles. The fourth-order valence-electron chi connectivity index (χ4n) is 4.61. The average molecular weight is 403 g/mol. The second kappa shape index (κ2) is 10.4. The third-order valence-corrected chi connectivity index (χ3v) is 6.72. The van der Waals surface area contributed by atoms with Crippen molar-refractivity contribution in [2.45, 2.75) is 93.9 Å². The lowest BCUT2D eigenvalue weighted by atomic mass is 9.50. The number of ketones is 1. The molecule has 0 amide bonds. The number of carbonyl (C=O) groups is 2. The first-order valence-corrected chi connectivity index (χ1v) is 11.0. The third kappa shape index (κ3) is 6.97. The van der Waals surface area contributed by atoms with E-state index < -0.39 is 11.4 Å². The van der Waals surface area contributed by atoms with Crippen LogP contribution in [-0.2, 0) is 9.59 Å². The van der Waals surface area contributed by atoms with E-state index in [0.29, 0.717) is 18.8 Å². The number of rotatable bonds is 9. The summed E-state index contributed by atoms with van der Waals surface area (Å²) in [7, 11) is 0. The molecule has 0 saturated heterocycles. The summed E-state index contributed by atoms with van der Waals surface area (Å²) in [6.07, 6.45) is 10.2. The Balaban J connectivity index is 3.47. The smallest absolute Gasteiger partial charge is 0.303 e. The van der Waals surface area contributed by atoms with Gasteiger partial charge in [-0.2, -0.15) is 0 Å². The number of carboxylic acid groups (broad SMARTS) is 1.